The van der Waals surface area contributed by atoms with E-state index in [1.165, 1.54) is 36.4 Å². The maximum atomic E-state index is 13.0. The summed E-state index contributed by atoms with van der Waals surface area (Å²) in [5, 5.41) is 16.5. The van der Waals surface area contributed by atoms with E-state index in [4.69, 9.17) is 4.74 Å². The Labute approximate surface area is 199 Å². The number of hydrogen-bond acceptors (Lipinski definition) is 4. The van der Waals surface area contributed by atoms with Crippen LogP contribution < -0.4 is 15.4 Å². The molecule has 10 heteroatoms. The van der Waals surface area contributed by atoms with Crippen molar-refractivity contribution in [1.29, 1.82) is 0 Å². The average molecular weight is 494 g/mol. The molecule has 3 aliphatic rings. The highest BCUT2D eigenvalue weighted by Crippen LogP contribution is 2.52. The van der Waals surface area contributed by atoms with E-state index in [1.54, 1.807) is 0 Å². The summed E-state index contributed by atoms with van der Waals surface area (Å²) in [7, 11) is 0. The van der Waals surface area contributed by atoms with Gasteiger partial charge in [0.15, 0.2) is 6.61 Å². The van der Waals surface area contributed by atoms with Crippen LogP contribution in [0.4, 0.5) is 17.6 Å². The molecule has 3 fully saturated rings. The van der Waals surface area contributed by atoms with Gasteiger partial charge in [0.1, 0.15) is 11.6 Å². The molecule has 35 heavy (non-hydrogen) atoms. The maximum absolute atomic E-state index is 13.0. The molecule has 0 saturated heterocycles. The van der Waals surface area contributed by atoms with Crippen LogP contribution in [0.2, 0.25) is 0 Å². The first-order chi connectivity index (χ1) is 16.5. The summed E-state index contributed by atoms with van der Waals surface area (Å²) in [5.41, 5.74) is -1.88. The number of benzene rings is 2. The monoisotopic (exact) mass is 494 g/mol. The number of aliphatic hydroxyl groups is 1. The van der Waals surface area contributed by atoms with E-state index in [0.717, 1.165) is 12.1 Å². The molecular weight excluding hydrogens is 468 g/mol. The summed E-state index contributed by atoms with van der Waals surface area (Å²) in [6.07, 6.45) is -3.46. The Kier molecular flexibility index (Phi) is 6.77. The highest BCUT2D eigenvalue weighted by atomic mass is 19.4. The number of carbonyl (C=O) groups excluding carboxylic acids is 2. The van der Waals surface area contributed by atoms with Crippen LogP contribution in [0.5, 0.6) is 5.75 Å². The molecule has 0 radical (unpaired) electrons. The Morgan fingerprint density at radius 3 is 2.20 bits per heavy atom. The van der Waals surface area contributed by atoms with E-state index < -0.39 is 34.6 Å². The van der Waals surface area contributed by atoms with Crippen molar-refractivity contribution in [2.75, 3.05) is 6.61 Å². The number of amides is 2. The molecule has 2 bridgehead atoms. The molecule has 1 atom stereocenters. The zero-order valence-electron chi connectivity index (χ0n) is 18.8. The number of aliphatic hydroxyl groups excluding tert-OH is 1. The van der Waals surface area contributed by atoms with Crippen LogP contribution in [-0.4, -0.2) is 35.2 Å². The van der Waals surface area contributed by atoms with E-state index in [9.17, 15) is 32.3 Å². The van der Waals surface area contributed by atoms with Gasteiger partial charge in [-0.1, -0.05) is 12.1 Å². The summed E-state index contributed by atoms with van der Waals surface area (Å²) >= 11 is 0. The molecular formula is C25H26F4N2O4. The topological polar surface area (TPSA) is 87.7 Å². The molecule has 6 nitrogen and oxygen atoms in total. The van der Waals surface area contributed by atoms with Crippen molar-refractivity contribution in [1.82, 2.24) is 10.6 Å². The van der Waals surface area contributed by atoms with Crippen molar-refractivity contribution in [2.24, 2.45) is 5.41 Å². The molecule has 0 heterocycles. The Morgan fingerprint density at radius 1 is 1.00 bits per heavy atom. The van der Waals surface area contributed by atoms with Crippen molar-refractivity contribution in [3.05, 3.63) is 65.5 Å². The molecule has 3 saturated carbocycles. The van der Waals surface area contributed by atoms with Crippen LogP contribution in [0.3, 0.4) is 0 Å². The highest BCUT2D eigenvalue weighted by molar-refractivity contribution is 5.84. The Hall–Kier alpha value is -3.14. The number of alkyl halides is 3. The first kappa shape index (κ1) is 25.0. The molecule has 0 aliphatic heterocycles. The summed E-state index contributed by atoms with van der Waals surface area (Å²) < 4.78 is 56.5. The molecule has 1 unspecified atom stereocenters. The number of fused-ring (bicyclic) bond motifs is 3. The largest absolute Gasteiger partial charge is 0.484 e. The van der Waals surface area contributed by atoms with E-state index in [1.807, 2.05) is 0 Å². The zero-order chi connectivity index (χ0) is 25.3. The van der Waals surface area contributed by atoms with E-state index in [2.05, 4.69) is 10.6 Å². The van der Waals surface area contributed by atoms with Gasteiger partial charge >= 0.3 is 6.18 Å². The van der Waals surface area contributed by atoms with Crippen LogP contribution in [0.25, 0.3) is 0 Å². The quantitative estimate of drug-likeness (QED) is 0.512. The second kappa shape index (κ2) is 9.49. The van der Waals surface area contributed by atoms with Crippen molar-refractivity contribution in [2.45, 2.75) is 56.5 Å². The van der Waals surface area contributed by atoms with E-state index in [-0.39, 0.29) is 31.4 Å². The van der Waals surface area contributed by atoms with Gasteiger partial charge in [-0.3, -0.25) is 9.59 Å². The fourth-order valence-electron chi connectivity index (χ4n) is 5.01. The first-order valence-electron chi connectivity index (χ1n) is 11.3. The van der Waals surface area contributed by atoms with E-state index in [0.29, 0.717) is 37.0 Å². The Morgan fingerprint density at radius 2 is 1.63 bits per heavy atom. The molecule has 2 aromatic carbocycles. The lowest BCUT2D eigenvalue weighted by atomic mass is 9.55. The highest BCUT2D eigenvalue weighted by Gasteiger charge is 2.58. The van der Waals surface area contributed by atoms with Crippen molar-refractivity contribution < 1.29 is 37.0 Å². The smallest absolute Gasteiger partial charge is 0.416 e. The summed E-state index contributed by atoms with van der Waals surface area (Å²) in [4.78, 5) is 25.5. The summed E-state index contributed by atoms with van der Waals surface area (Å²) in [5.74, 6) is -0.770. The van der Waals surface area contributed by atoms with Crippen LogP contribution in [0.1, 0.15) is 43.2 Å². The number of halogens is 4. The average Bonchev–Trinajstić information content (AvgIpc) is 2.82. The third kappa shape index (κ3) is 5.42. The minimum atomic E-state index is -4.43. The van der Waals surface area contributed by atoms with Crippen LogP contribution in [-0.2, 0) is 22.3 Å². The van der Waals surface area contributed by atoms with Gasteiger partial charge in [-0.2, -0.15) is 13.2 Å². The van der Waals surface area contributed by atoms with Crippen molar-refractivity contribution in [3.63, 3.8) is 0 Å². The van der Waals surface area contributed by atoms with Gasteiger partial charge in [-0.25, -0.2) is 4.39 Å². The first-order valence-corrected chi connectivity index (χ1v) is 11.3. The molecule has 0 aromatic heterocycles. The van der Waals surface area contributed by atoms with Gasteiger partial charge in [-0.05, 0) is 74.1 Å². The number of nitrogens with one attached hydrogen (secondary N) is 2. The number of hydrogen-bond donors (Lipinski definition) is 3. The lowest BCUT2D eigenvalue weighted by Gasteiger charge is -2.55. The second-order valence-electron chi connectivity index (χ2n) is 9.32. The van der Waals surface area contributed by atoms with Gasteiger partial charge in [-0.15, -0.1) is 0 Å². The fourth-order valence-corrected chi connectivity index (χ4v) is 5.01. The number of carbonyl (C=O) groups is 2. The lowest BCUT2D eigenvalue weighted by Crippen LogP contribution is -2.65. The Balaban J connectivity index is 1.30. The maximum Gasteiger partial charge on any atom is 0.416 e. The van der Waals surface area contributed by atoms with Crippen LogP contribution >= 0.6 is 0 Å². The molecule has 2 amide bonds. The minimum absolute atomic E-state index is 0.0496. The third-order valence-corrected chi connectivity index (χ3v) is 7.10. The molecule has 2 aromatic rings. The van der Waals surface area contributed by atoms with Crippen molar-refractivity contribution in [3.8, 4) is 5.75 Å². The predicted octanol–water partition coefficient (Wildman–Crippen LogP) is 3.72. The summed E-state index contributed by atoms with van der Waals surface area (Å²) in [6.45, 7) is -0.212. The molecule has 5 rings (SSSR count). The van der Waals surface area contributed by atoms with Gasteiger partial charge in [0, 0.05) is 12.1 Å². The summed E-state index contributed by atoms with van der Waals surface area (Å²) in [6, 6.07) is 9.85. The van der Waals surface area contributed by atoms with Crippen LogP contribution in [0.15, 0.2) is 48.5 Å². The minimum Gasteiger partial charge on any atom is -0.484 e. The fraction of sp³-hybridized carbons (Fsp3) is 0.440. The van der Waals surface area contributed by atoms with Gasteiger partial charge < -0.3 is 20.5 Å². The predicted molar refractivity (Wildman–Crippen MR) is 118 cm³/mol. The second-order valence-corrected chi connectivity index (χ2v) is 9.32. The van der Waals surface area contributed by atoms with Gasteiger partial charge in [0.2, 0.25) is 5.91 Å². The lowest BCUT2D eigenvalue weighted by molar-refractivity contribution is -0.156. The molecule has 0 spiro atoms. The number of ether oxygens (including phenoxy) is 1. The van der Waals surface area contributed by atoms with Gasteiger partial charge in [0.05, 0.1) is 17.1 Å². The third-order valence-electron chi connectivity index (χ3n) is 7.10. The number of rotatable bonds is 7. The van der Waals surface area contributed by atoms with Crippen molar-refractivity contribution >= 4 is 11.8 Å². The van der Waals surface area contributed by atoms with Gasteiger partial charge in [0.25, 0.3) is 5.91 Å². The Bertz CT molecular complexity index is 1060. The van der Waals surface area contributed by atoms with Crippen LogP contribution in [0, 0.1) is 11.2 Å². The molecule has 188 valence electrons. The SMILES string of the molecule is O=C(COc1ccc(F)cc1)NC12CCC(C(=O)NCc3ccc(C(F)(F)F)cc3)(CC1)C(O)C2. The molecule has 3 aliphatic carbocycles. The van der Waals surface area contributed by atoms with E-state index >= 15 is 0 Å². The zero-order valence-corrected chi connectivity index (χ0v) is 18.8. The molecule has 3 N–H and O–H groups in total. The normalized spacial score (nSPS) is 25.7. The standard InChI is InChI=1S/C25H26F4N2O4/c26-18-5-7-19(8-6-18)35-15-21(33)31-23-9-11-24(12-10-23,20(32)13-23)22(34)30-14-16-1-3-17(4-2-16)25(27,28)29/h1-8,20,32H,9-15H2,(H,30,34)(H,31,33).